The topological polar surface area (TPSA) is 69.9 Å². The summed E-state index contributed by atoms with van der Waals surface area (Å²) < 4.78 is 15.5. The lowest BCUT2D eigenvalue weighted by molar-refractivity contribution is -0.136. The number of carbonyl (C=O) groups is 1. The van der Waals surface area contributed by atoms with E-state index < -0.39 is 12.0 Å². The minimum Gasteiger partial charge on any atom is -0.487 e. The third-order valence-corrected chi connectivity index (χ3v) is 8.72. The van der Waals surface area contributed by atoms with E-state index in [2.05, 4.69) is 45.2 Å². The van der Waals surface area contributed by atoms with Gasteiger partial charge in [-0.25, -0.2) is 9.79 Å². The first-order chi connectivity index (χ1) is 18.9. The minimum atomic E-state index is -0.628. The molecule has 0 amide bonds. The molecule has 3 aromatic carbocycles. The van der Waals surface area contributed by atoms with Crippen molar-refractivity contribution in [2.24, 2.45) is 4.99 Å². The number of esters is 1. The van der Waals surface area contributed by atoms with Crippen LogP contribution in [0.5, 0.6) is 5.75 Å². The number of rotatable bonds is 7. The molecule has 0 N–H and O–H groups in total. The predicted molar refractivity (Wildman–Crippen MR) is 169 cm³/mol. The number of benzene rings is 3. The van der Waals surface area contributed by atoms with E-state index in [1.165, 1.54) is 18.4 Å². The molecule has 0 aliphatic carbocycles. The molecule has 1 atom stereocenters. The van der Waals surface area contributed by atoms with Gasteiger partial charge in [0.2, 0.25) is 0 Å². The number of carbonyl (C=O) groups excluding carboxylic acids is 1. The standard InChI is InChI=1S/C30H24I2N2O4S/c1-3-23-25(29(36)37-2)26(19-12-8-5-9-13-19)34-28(35)24(39-30(34)33-23)15-20-14-21(31)16-22(32)27(20)38-17-18-10-6-4-7-11-18/h4-16,26H,3,17H2,1-2H3/b24-15+/t26-/m1/s1. The molecule has 9 heteroatoms. The second-order valence-corrected chi connectivity index (χ2v) is 12.2. The Bertz CT molecular complexity index is 1750. The molecule has 1 aliphatic heterocycles. The average Bonchev–Trinajstić information content (AvgIpc) is 3.26. The normalized spacial score (nSPS) is 15.1. The number of halogens is 2. The fraction of sp³-hybridized carbons (Fsp3) is 0.167. The highest BCUT2D eigenvalue weighted by atomic mass is 127. The van der Waals surface area contributed by atoms with Gasteiger partial charge in [-0.05, 0) is 80.9 Å². The van der Waals surface area contributed by atoms with Gasteiger partial charge in [0.1, 0.15) is 12.4 Å². The zero-order chi connectivity index (χ0) is 27.5. The van der Waals surface area contributed by atoms with Gasteiger partial charge in [0.25, 0.3) is 5.56 Å². The van der Waals surface area contributed by atoms with Gasteiger partial charge in [0, 0.05) is 9.13 Å². The Morgan fingerprint density at radius 1 is 1.08 bits per heavy atom. The fourth-order valence-corrected chi connectivity index (χ4v) is 7.58. The number of hydrogen-bond acceptors (Lipinski definition) is 6. The molecule has 0 saturated carbocycles. The third-order valence-electron chi connectivity index (χ3n) is 6.32. The zero-order valence-electron chi connectivity index (χ0n) is 21.2. The summed E-state index contributed by atoms with van der Waals surface area (Å²) in [5.41, 5.74) is 3.49. The molecule has 198 valence electrons. The number of allylic oxidation sites excluding steroid dienone is 1. The highest BCUT2D eigenvalue weighted by Gasteiger charge is 2.33. The summed E-state index contributed by atoms with van der Waals surface area (Å²) in [6.45, 7) is 2.36. The summed E-state index contributed by atoms with van der Waals surface area (Å²) in [5, 5.41) is 0. The van der Waals surface area contributed by atoms with Gasteiger partial charge in [-0.2, -0.15) is 0 Å². The number of methoxy groups -OCH3 is 1. The maximum Gasteiger partial charge on any atom is 0.338 e. The average molecular weight is 762 g/mol. The Hall–Kier alpha value is -2.77. The van der Waals surface area contributed by atoms with Crippen LogP contribution in [0.25, 0.3) is 6.08 Å². The number of thiazole rings is 1. The molecule has 0 spiro atoms. The van der Waals surface area contributed by atoms with E-state index in [0.29, 0.717) is 33.6 Å². The Morgan fingerprint density at radius 2 is 1.77 bits per heavy atom. The van der Waals surface area contributed by atoms with E-state index in [1.54, 1.807) is 4.57 Å². The van der Waals surface area contributed by atoms with Gasteiger partial charge in [-0.3, -0.25) is 9.36 Å². The van der Waals surface area contributed by atoms with E-state index in [4.69, 9.17) is 14.5 Å². The lowest BCUT2D eigenvalue weighted by atomic mass is 9.95. The van der Waals surface area contributed by atoms with Crippen molar-refractivity contribution in [3.63, 3.8) is 0 Å². The molecule has 1 aromatic heterocycles. The van der Waals surface area contributed by atoms with Crippen molar-refractivity contribution in [2.75, 3.05) is 7.11 Å². The van der Waals surface area contributed by atoms with Crippen molar-refractivity contribution < 1.29 is 14.3 Å². The van der Waals surface area contributed by atoms with Crippen molar-refractivity contribution in [3.8, 4) is 5.75 Å². The van der Waals surface area contributed by atoms with Gasteiger partial charge in [0.05, 0.1) is 32.5 Å². The Kier molecular flexibility index (Phi) is 8.67. The molecular formula is C30H24I2N2O4S. The molecule has 0 radical (unpaired) electrons. The monoisotopic (exact) mass is 762 g/mol. The van der Waals surface area contributed by atoms with Crippen LogP contribution in [0.4, 0.5) is 0 Å². The number of nitrogens with zero attached hydrogens (tertiary/aromatic N) is 2. The van der Waals surface area contributed by atoms with Crippen LogP contribution in [0.3, 0.4) is 0 Å². The van der Waals surface area contributed by atoms with Gasteiger partial charge < -0.3 is 9.47 Å². The number of aromatic nitrogens is 1. The van der Waals surface area contributed by atoms with Crippen LogP contribution in [0.2, 0.25) is 0 Å². The molecule has 0 fully saturated rings. The van der Waals surface area contributed by atoms with Crippen LogP contribution in [-0.4, -0.2) is 17.6 Å². The van der Waals surface area contributed by atoms with E-state index in [0.717, 1.165) is 29.6 Å². The minimum absolute atomic E-state index is 0.216. The van der Waals surface area contributed by atoms with Crippen LogP contribution in [0, 0.1) is 7.14 Å². The molecule has 4 aromatic rings. The quantitative estimate of drug-likeness (QED) is 0.182. The number of fused-ring (bicyclic) bond motifs is 1. The lowest BCUT2D eigenvalue weighted by Crippen LogP contribution is -2.40. The van der Waals surface area contributed by atoms with Crippen molar-refractivity contribution in [2.45, 2.75) is 26.0 Å². The zero-order valence-corrected chi connectivity index (χ0v) is 26.3. The highest BCUT2D eigenvalue weighted by molar-refractivity contribution is 14.1. The molecule has 0 bridgehead atoms. The molecule has 39 heavy (non-hydrogen) atoms. The lowest BCUT2D eigenvalue weighted by Gasteiger charge is -2.25. The van der Waals surface area contributed by atoms with Gasteiger partial charge in [-0.1, -0.05) is 78.9 Å². The first kappa shape index (κ1) is 27.8. The first-order valence-corrected chi connectivity index (χ1v) is 15.2. The molecule has 1 aliphatic rings. The number of ether oxygens (including phenoxy) is 2. The maximum atomic E-state index is 14.0. The summed E-state index contributed by atoms with van der Waals surface area (Å²) in [5.74, 6) is 0.234. The van der Waals surface area contributed by atoms with E-state index in [1.807, 2.05) is 85.8 Å². The maximum absolute atomic E-state index is 14.0. The van der Waals surface area contributed by atoms with Crippen LogP contribution >= 0.6 is 56.5 Å². The summed E-state index contributed by atoms with van der Waals surface area (Å²) in [6.07, 6.45) is 2.40. The van der Waals surface area contributed by atoms with Crippen LogP contribution in [-0.2, 0) is 16.1 Å². The highest BCUT2D eigenvalue weighted by Crippen LogP contribution is 2.32. The van der Waals surface area contributed by atoms with Gasteiger partial charge in [0.15, 0.2) is 4.80 Å². The van der Waals surface area contributed by atoms with Crippen molar-refractivity contribution in [3.05, 3.63) is 128 Å². The molecule has 0 unspecified atom stereocenters. The van der Waals surface area contributed by atoms with Crippen LogP contribution in [0.1, 0.15) is 36.1 Å². The Morgan fingerprint density at radius 3 is 2.44 bits per heavy atom. The second-order valence-electron chi connectivity index (χ2n) is 8.78. The molecule has 6 nitrogen and oxygen atoms in total. The summed E-state index contributed by atoms with van der Waals surface area (Å²) in [4.78, 5) is 32.3. The first-order valence-electron chi connectivity index (χ1n) is 12.2. The molecule has 2 heterocycles. The molecule has 0 saturated heterocycles. The summed E-state index contributed by atoms with van der Waals surface area (Å²) in [6, 6.07) is 22.9. The van der Waals surface area contributed by atoms with Gasteiger partial charge >= 0.3 is 5.97 Å². The Labute approximate surface area is 257 Å². The van der Waals surface area contributed by atoms with E-state index >= 15 is 0 Å². The van der Waals surface area contributed by atoms with Gasteiger partial charge in [-0.15, -0.1) is 0 Å². The van der Waals surface area contributed by atoms with E-state index in [-0.39, 0.29) is 5.56 Å². The van der Waals surface area contributed by atoms with Crippen molar-refractivity contribution in [1.29, 1.82) is 0 Å². The van der Waals surface area contributed by atoms with Crippen LogP contribution in [0.15, 0.2) is 93.9 Å². The fourth-order valence-electron chi connectivity index (χ4n) is 4.53. The number of hydrogen-bond donors (Lipinski definition) is 0. The Balaban J connectivity index is 1.68. The summed E-state index contributed by atoms with van der Waals surface area (Å²) in [7, 11) is 1.35. The molecule has 5 rings (SSSR count). The molecular weight excluding hydrogens is 738 g/mol. The second kappa shape index (κ2) is 12.2. The van der Waals surface area contributed by atoms with Crippen molar-refractivity contribution >= 4 is 68.6 Å². The van der Waals surface area contributed by atoms with Crippen molar-refractivity contribution in [1.82, 2.24) is 4.57 Å². The van der Waals surface area contributed by atoms with E-state index in [9.17, 15) is 9.59 Å². The van der Waals surface area contributed by atoms with Crippen LogP contribution < -0.4 is 19.6 Å². The SMILES string of the molecule is CCC1=C(C(=O)OC)[C@@H](c2ccccc2)n2c(s/c(=C/c3cc(I)cc(I)c3OCc3ccccc3)c2=O)=N1. The summed E-state index contributed by atoms with van der Waals surface area (Å²) >= 11 is 5.85. The smallest absolute Gasteiger partial charge is 0.338 e. The third kappa shape index (κ3) is 5.75. The largest absolute Gasteiger partial charge is 0.487 e. The predicted octanol–water partition coefficient (Wildman–Crippen LogP) is 5.59.